The highest BCUT2D eigenvalue weighted by Crippen LogP contribution is 2.28. The first kappa shape index (κ1) is 23.6. The lowest BCUT2D eigenvalue weighted by Gasteiger charge is -2.39. The highest BCUT2D eigenvalue weighted by atomic mass is 35.5. The molecule has 2 aromatic carbocycles. The van der Waals surface area contributed by atoms with E-state index >= 15 is 0 Å². The standard InChI is InChI=1S/C26H34ClNO3/c1-3-24-17-22(16-20-8-10-23(27)11-9-20)12-13-28(24)14-15-31-25-7-5-6-21(18-25)19-26(29)30-4-2/h5-11,18,22,24H,3-4,12-17,19H2,1-2H3. The number of ether oxygens (including phenoxy) is 2. The molecule has 2 atom stereocenters. The van der Waals surface area contributed by atoms with E-state index in [-0.39, 0.29) is 12.4 Å². The normalized spacial score (nSPS) is 19.2. The number of benzene rings is 2. The quantitative estimate of drug-likeness (QED) is 0.451. The largest absolute Gasteiger partial charge is 0.492 e. The molecule has 0 aliphatic carbocycles. The minimum absolute atomic E-state index is 0.202. The van der Waals surface area contributed by atoms with Crippen molar-refractivity contribution in [2.75, 3.05) is 26.3 Å². The van der Waals surface area contributed by atoms with Crippen molar-refractivity contribution in [3.8, 4) is 5.75 Å². The molecular formula is C26H34ClNO3. The van der Waals surface area contributed by atoms with Crippen molar-refractivity contribution in [2.45, 2.75) is 52.0 Å². The first-order chi connectivity index (χ1) is 15.1. The van der Waals surface area contributed by atoms with E-state index < -0.39 is 0 Å². The van der Waals surface area contributed by atoms with E-state index in [1.165, 1.54) is 18.4 Å². The monoisotopic (exact) mass is 443 g/mol. The minimum Gasteiger partial charge on any atom is -0.492 e. The number of carbonyl (C=O) groups excluding carboxylic acids is 1. The zero-order valence-corrected chi connectivity index (χ0v) is 19.4. The summed E-state index contributed by atoms with van der Waals surface area (Å²) < 4.78 is 11.0. The maximum atomic E-state index is 11.7. The summed E-state index contributed by atoms with van der Waals surface area (Å²) >= 11 is 6.02. The predicted octanol–water partition coefficient (Wildman–Crippen LogP) is 5.56. The van der Waals surface area contributed by atoms with Crippen LogP contribution in [0.25, 0.3) is 0 Å². The Kier molecular flexibility index (Phi) is 9.23. The summed E-state index contributed by atoms with van der Waals surface area (Å²) in [5, 5.41) is 0.802. The number of esters is 1. The van der Waals surface area contributed by atoms with Crippen LogP contribution in [0.4, 0.5) is 0 Å². The van der Waals surface area contributed by atoms with E-state index in [2.05, 4.69) is 24.0 Å². The van der Waals surface area contributed by atoms with Crippen molar-refractivity contribution >= 4 is 17.6 Å². The molecule has 0 saturated carbocycles. The van der Waals surface area contributed by atoms with Crippen molar-refractivity contribution in [2.24, 2.45) is 5.92 Å². The molecule has 1 aliphatic heterocycles. The van der Waals surface area contributed by atoms with E-state index in [4.69, 9.17) is 21.1 Å². The van der Waals surface area contributed by atoms with Crippen LogP contribution in [0.3, 0.4) is 0 Å². The molecule has 1 heterocycles. The lowest BCUT2D eigenvalue weighted by molar-refractivity contribution is -0.142. The number of hydrogen-bond donors (Lipinski definition) is 0. The van der Waals surface area contributed by atoms with Gasteiger partial charge in [0.05, 0.1) is 13.0 Å². The van der Waals surface area contributed by atoms with Gasteiger partial charge in [0.25, 0.3) is 0 Å². The Balaban J connectivity index is 1.45. The highest BCUT2D eigenvalue weighted by molar-refractivity contribution is 6.30. The van der Waals surface area contributed by atoms with Crippen LogP contribution in [0.15, 0.2) is 48.5 Å². The van der Waals surface area contributed by atoms with Crippen molar-refractivity contribution in [1.82, 2.24) is 4.90 Å². The fourth-order valence-corrected chi connectivity index (χ4v) is 4.57. The first-order valence-electron chi connectivity index (χ1n) is 11.4. The zero-order chi connectivity index (χ0) is 22.1. The Labute approximate surface area is 191 Å². The van der Waals surface area contributed by atoms with Gasteiger partial charge in [0, 0.05) is 17.6 Å². The van der Waals surface area contributed by atoms with Gasteiger partial charge in [0.15, 0.2) is 0 Å². The van der Waals surface area contributed by atoms with Crippen molar-refractivity contribution in [1.29, 1.82) is 0 Å². The Morgan fingerprint density at radius 1 is 1.13 bits per heavy atom. The van der Waals surface area contributed by atoms with Crippen molar-refractivity contribution < 1.29 is 14.3 Å². The minimum atomic E-state index is -0.202. The third kappa shape index (κ3) is 7.55. The van der Waals surface area contributed by atoms with Gasteiger partial charge >= 0.3 is 5.97 Å². The Morgan fingerprint density at radius 2 is 1.94 bits per heavy atom. The van der Waals surface area contributed by atoms with E-state index in [0.29, 0.717) is 19.3 Å². The van der Waals surface area contributed by atoms with Crippen LogP contribution in [-0.2, 0) is 22.4 Å². The summed E-state index contributed by atoms with van der Waals surface area (Å²) in [5.74, 6) is 1.34. The van der Waals surface area contributed by atoms with Crippen LogP contribution in [0.2, 0.25) is 5.02 Å². The summed E-state index contributed by atoms with van der Waals surface area (Å²) in [7, 11) is 0. The zero-order valence-electron chi connectivity index (χ0n) is 18.7. The van der Waals surface area contributed by atoms with Crippen LogP contribution in [0.1, 0.15) is 44.2 Å². The molecule has 0 bridgehead atoms. The smallest absolute Gasteiger partial charge is 0.310 e. The highest BCUT2D eigenvalue weighted by Gasteiger charge is 2.27. The summed E-state index contributed by atoms with van der Waals surface area (Å²) in [6.45, 7) is 7.20. The Bertz CT molecular complexity index is 824. The molecule has 3 rings (SSSR count). The molecule has 1 fully saturated rings. The molecular weight excluding hydrogens is 410 g/mol. The van der Waals surface area contributed by atoms with Gasteiger partial charge in [-0.1, -0.05) is 42.8 Å². The Morgan fingerprint density at radius 3 is 2.68 bits per heavy atom. The fourth-order valence-electron chi connectivity index (χ4n) is 4.45. The van der Waals surface area contributed by atoms with Gasteiger partial charge in [0.2, 0.25) is 0 Å². The summed E-state index contributed by atoms with van der Waals surface area (Å²) in [6, 6.07) is 16.6. The van der Waals surface area contributed by atoms with Crippen molar-refractivity contribution in [3.05, 3.63) is 64.7 Å². The lowest BCUT2D eigenvalue weighted by atomic mass is 9.85. The molecule has 2 unspecified atom stereocenters. The number of rotatable bonds is 10. The predicted molar refractivity (Wildman–Crippen MR) is 126 cm³/mol. The molecule has 2 aromatic rings. The van der Waals surface area contributed by atoms with E-state index in [9.17, 15) is 4.79 Å². The molecule has 4 nitrogen and oxygen atoms in total. The molecule has 0 amide bonds. The van der Waals surface area contributed by atoms with E-state index in [1.54, 1.807) is 0 Å². The molecule has 1 aliphatic rings. The maximum Gasteiger partial charge on any atom is 0.310 e. The molecule has 31 heavy (non-hydrogen) atoms. The van der Waals surface area contributed by atoms with Gasteiger partial charge in [-0.2, -0.15) is 0 Å². The molecule has 168 valence electrons. The number of carbonyl (C=O) groups is 1. The second-order valence-corrected chi connectivity index (χ2v) is 8.73. The second-order valence-electron chi connectivity index (χ2n) is 8.30. The number of nitrogens with zero attached hydrogens (tertiary/aromatic N) is 1. The van der Waals surface area contributed by atoms with Gasteiger partial charge in [0.1, 0.15) is 12.4 Å². The SMILES string of the molecule is CCOC(=O)Cc1cccc(OCCN2CCC(Cc3ccc(Cl)cc3)CC2CC)c1. The van der Waals surface area contributed by atoms with Gasteiger partial charge in [-0.15, -0.1) is 0 Å². The number of halogens is 1. The van der Waals surface area contributed by atoms with Gasteiger partial charge in [-0.3, -0.25) is 9.69 Å². The number of likely N-dealkylation sites (tertiary alicyclic amines) is 1. The van der Waals surface area contributed by atoms with Crippen LogP contribution < -0.4 is 4.74 Å². The first-order valence-corrected chi connectivity index (χ1v) is 11.8. The van der Waals surface area contributed by atoms with E-state index in [1.807, 2.05) is 43.3 Å². The number of hydrogen-bond acceptors (Lipinski definition) is 4. The van der Waals surface area contributed by atoms with Gasteiger partial charge in [-0.25, -0.2) is 0 Å². The van der Waals surface area contributed by atoms with Crippen LogP contribution in [0.5, 0.6) is 5.75 Å². The van der Waals surface area contributed by atoms with Crippen molar-refractivity contribution in [3.63, 3.8) is 0 Å². The Hall–Kier alpha value is -2.04. The van der Waals surface area contributed by atoms with E-state index in [0.717, 1.165) is 48.2 Å². The van der Waals surface area contributed by atoms with Crippen LogP contribution >= 0.6 is 11.6 Å². The van der Waals surface area contributed by atoms with Gasteiger partial charge in [-0.05, 0) is 80.5 Å². The molecule has 1 saturated heterocycles. The number of piperidine rings is 1. The second kappa shape index (κ2) is 12.1. The third-order valence-electron chi connectivity index (χ3n) is 6.05. The molecule has 0 spiro atoms. The fraction of sp³-hybridized carbons (Fsp3) is 0.500. The summed E-state index contributed by atoms with van der Waals surface area (Å²) in [4.78, 5) is 14.3. The summed E-state index contributed by atoms with van der Waals surface area (Å²) in [6.07, 6.45) is 5.02. The topological polar surface area (TPSA) is 38.8 Å². The lowest BCUT2D eigenvalue weighted by Crippen LogP contribution is -2.44. The van der Waals surface area contributed by atoms with Crippen LogP contribution in [-0.4, -0.2) is 43.2 Å². The molecule has 0 N–H and O–H groups in total. The molecule has 0 radical (unpaired) electrons. The maximum absolute atomic E-state index is 11.7. The van der Waals surface area contributed by atoms with Crippen LogP contribution in [0, 0.1) is 5.92 Å². The average Bonchev–Trinajstić information content (AvgIpc) is 2.76. The van der Waals surface area contributed by atoms with Gasteiger partial charge < -0.3 is 9.47 Å². The molecule has 5 heteroatoms. The third-order valence-corrected chi connectivity index (χ3v) is 6.31. The summed E-state index contributed by atoms with van der Waals surface area (Å²) in [5.41, 5.74) is 2.30. The molecule has 0 aromatic heterocycles. The average molecular weight is 444 g/mol.